The van der Waals surface area contributed by atoms with Crippen LogP contribution in [-0.4, -0.2) is 12.4 Å². The molecule has 0 bridgehead atoms. The van der Waals surface area contributed by atoms with Crippen LogP contribution in [0.3, 0.4) is 0 Å². The maximum absolute atomic E-state index is 11.0. The van der Waals surface area contributed by atoms with Crippen molar-refractivity contribution in [1.29, 1.82) is 0 Å². The minimum atomic E-state index is -0.333. The van der Waals surface area contributed by atoms with Gasteiger partial charge in [0.25, 0.3) is 0 Å². The van der Waals surface area contributed by atoms with Crippen molar-refractivity contribution < 1.29 is 9.53 Å². The molecule has 0 aliphatic carbocycles. The number of carbonyl (C=O) groups excluding carboxylic acids is 1. The topological polar surface area (TPSA) is 26.3 Å². The highest BCUT2D eigenvalue weighted by molar-refractivity contribution is 5.56. The Morgan fingerprint density at radius 1 is 0.895 bits per heavy atom. The molecule has 0 radical (unpaired) electrons. The summed E-state index contributed by atoms with van der Waals surface area (Å²) in [6.45, 7) is 0.485. The molecule has 0 heterocycles. The fourth-order valence-corrected chi connectivity index (χ4v) is 1.92. The second-order valence-corrected chi connectivity index (χ2v) is 4.50. The summed E-state index contributed by atoms with van der Waals surface area (Å²) in [4.78, 5) is 11.0. The van der Waals surface area contributed by atoms with Crippen LogP contribution in [0.5, 0.6) is 0 Å². The Hall–Kier alpha value is -1.93. The summed E-state index contributed by atoms with van der Waals surface area (Å²) >= 11 is 0. The number of hydrogen-bond donors (Lipinski definition) is 0. The molecule has 19 heavy (non-hydrogen) atoms. The lowest BCUT2D eigenvalue weighted by Crippen LogP contribution is -2.15. The first-order valence-electron chi connectivity index (χ1n) is 6.53. The molecule has 2 aromatic carbocycles. The Labute approximate surface area is 114 Å². The third-order valence-electron chi connectivity index (χ3n) is 3.02. The lowest BCUT2D eigenvalue weighted by Gasteiger charge is -2.12. The van der Waals surface area contributed by atoms with Gasteiger partial charge in [-0.25, -0.2) is 0 Å². The van der Waals surface area contributed by atoms with E-state index in [0.29, 0.717) is 6.61 Å². The van der Waals surface area contributed by atoms with E-state index in [0.717, 1.165) is 24.7 Å². The minimum absolute atomic E-state index is 0.333. The van der Waals surface area contributed by atoms with Gasteiger partial charge in [-0.1, -0.05) is 60.7 Å². The number of aldehydes is 1. The van der Waals surface area contributed by atoms with Crippen molar-refractivity contribution in [2.75, 3.05) is 0 Å². The van der Waals surface area contributed by atoms with Gasteiger partial charge < -0.3 is 9.53 Å². The van der Waals surface area contributed by atoms with Gasteiger partial charge in [-0.05, 0) is 24.0 Å². The fourth-order valence-electron chi connectivity index (χ4n) is 1.92. The third kappa shape index (κ3) is 4.68. The largest absolute Gasteiger partial charge is 0.366 e. The highest BCUT2D eigenvalue weighted by Crippen LogP contribution is 2.09. The molecule has 2 aromatic rings. The molecule has 0 saturated heterocycles. The zero-order valence-electron chi connectivity index (χ0n) is 10.9. The molecule has 0 saturated carbocycles. The Balaban J connectivity index is 1.79. The molecule has 0 aliphatic heterocycles. The molecule has 0 unspecified atom stereocenters. The second-order valence-electron chi connectivity index (χ2n) is 4.50. The summed E-state index contributed by atoms with van der Waals surface area (Å²) in [5.41, 5.74) is 2.33. The van der Waals surface area contributed by atoms with Crippen LogP contribution < -0.4 is 0 Å². The maximum atomic E-state index is 11.0. The van der Waals surface area contributed by atoms with Crippen LogP contribution in [0.2, 0.25) is 0 Å². The zero-order valence-corrected chi connectivity index (χ0v) is 10.9. The first-order valence-corrected chi connectivity index (χ1v) is 6.53. The van der Waals surface area contributed by atoms with Crippen molar-refractivity contribution in [3.05, 3.63) is 71.8 Å². The number of rotatable bonds is 7. The molecule has 98 valence electrons. The van der Waals surface area contributed by atoms with E-state index >= 15 is 0 Å². The average molecular weight is 254 g/mol. The zero-order chi connectivity index (χ0) is 13.3. The van der Waals surface area contributed by atoms with Crippen molar-refractivity contribution in [1.82, 2.24) is 0 Å². The second kappa shape index (κ2) is 7.49. The summed E-state index contributed by atoms with van der Waals surface area (Å²) in [5, 5.41) is 0. The predicted octanol–water partition coefficient (Wildman–Crippen LogP) is 3.40. The van der Waals surface area contributed by atoms with Crippen LogP contribution in [0.25, 0.3) is 0 Å². The molecule has 2 rings (SSSR count). The molecule has 0 N–H and O–H groups in total. The lowest BCUT2D eigenvalue weighted by atomic mass is 10.1. The Kier molecular flexibility index (Phi) is 5.32. The van der Waals surface area contributed by atoms with E-state index in [1.165, 1.54) is 5.56 Å². The van der Waals surface area contributed by atoms with Gasteiger partial charge in [-0.15, -0.1) is 0 Å². The van der Waals surface area contributed by atoms with Gasteiger partial charge in [0, 0.05) is 0 Å². The van der Waals surface area contributed by atoms with Gasteiger partial charge in [0.1, 0.15) is 12.4 Å². The van der Waals surface area contributed by atoms with Crippen LogP contribution in [0.4, 0.5) is 0 Å². The fraction of sp³-hybridized carbons (Fsp3) is 0.235. The molecule has 0 aromatic heterocycles. The number of aryl methyl sites for hydroxylation is 1. The van der Waals surface area contributed by atoms with Gasteiger partial charge >= 0.3 is 0 Å². The highest BCUT2D eigenvalue weighted by atomic mass is 16.5. The van der Waals surface area contributed by atoms with Crippen molar-refractivity contribution in [2.45, 2.75) is 25.6 Å². The van der Waals surface area contributed by atoms with Crippen molar-refractivity contribution >= 4 is 6.29 Å². The first-order chi connectivity index (χ1) is 9.38. The van der Waals surface area contributed by atoms with E-state index < -0.39 is 0 Å². The number of carbonyl (C=O) groups is 1. The van der Waals surface area contributed by atoms with Gasteiger partial charge in [0.15, 0.2) is 0 Å². The van der Waals surface area contributed by atoms with Crippen LogP contribution >= 0.6 is 0 Å². The summed E-state index contributed by atoms with van der Waals surface area (Å²) in [5.74, 6) is 0. The highest BCUT2D eigenvalue weighted by Gasteiger charge is 2.08. The molecule has 2 nitrogen and oxygen atoms in total. The number of ether oxygens (including phenoxy) is 1. The van der Waals surface area contributed by atoms with Gasteiger partial charge in [-0.2, -0.15) is 0 Å². The summed E-state index contributed by atoms with van der Waals surface area (Å²) < 4.78 is 5.63. The van der Waals surface area contributed by atoms with Gasteiger partial charge in [-0.3, -0.25) is 0 Å². The summed E-state index contributed by atoms with van der Waals surface area (Å²) in [7, 11) is 0. The van der Waals surface area contributed by atoms with E-state index in [1.54, 1.807) is 0 Å². The molecule has 0 fully saturated rings. The van der Waals surface area contributed by atoms with Crippen molar-refractivity contribution in [2.24, 2.45) is 0 Å². The molecule has 0 spiro atoms. The Morgan fingerprint density at radius 2 is 1.47 bits per heavy atom. The summed E-state index contributed by atoms with van der Waals surface area (Å²) in [6.07, 6.45) is 2.14. The van der Waals surface area contributed by atoms with Gasteiger partial charge in [0.2, 0.25) is 0 Å². The van der Waals surface area contributed by atoms with Crippen molar-refractivity contribution in [3.8, 4) is 0 Å². The molecule has 1 atom stereocenters. The van der Waals surface area contributed by atoms with Crippen LogP contribution in [-0.2, 0) is 22.6 Å². The van der Waals surface area contributed by atoms with E-state index in [4.69, 9.17) is 4.74 Å². The SMILES string of the molecule is O=C[C@H](CCc1ccccc1)OCc1ccccc1. The van der Waals surface area contributed by atoms with Crippen LogP contribution in [0.1, 0.15) is 17.5 Å². The standard InChI is InChI=1S/C17H18O2/c18-13-17(12-11-15-7-3-1-4-8-15)19-14-16-9-5-2-6-10-16/h1-10,13,17H,11-12,14H2/t17-/m0/s1. The Bertz CT molecular complexity index is 436. The summed E-state index contributed by atoms with van der Waals surface area (Å²) in [6, 6.07) is 20.1. The predicted molar refractivity (Wildman–Crippen MR) is 75.8 cm³/mol. The first kappa shape index (κ1) is 13.5. The number of hydrogen-bond acceptors (Lipinski definition) is 2. The third-order valence-corrected chi connectivity index (χ3v) is 3.02. The molecule has 0 aliphatic rings. The molecular weight excluding hydrogens is 236 g/mol. The minimum Gasteiger partial charge on any atom is -0.366 e. The quantitative estimate of drug-likeness (QED) is 0.708. The molecule has 0 amide bonds. The lowest BCUT2D eigenvalue weighted by molar-refractivity contribution is -0.119. The smallest absolute Gasteiger partial charge is 0.148 e. The monoisotopic (exact) mass is 254 g/mol. The van der Waals surface area contributed by atoms with Crippen LogP contribution in [0.15, 0.2) is 60.7 Å². The maximum Gasteiger partial charge on any atom is 0.148 e. The van der Waals surface area contributed by atoms with E-state index in [2.05, 4.69) is 12.1 Å². The molecular formula is C17H18O2. The molecule has 2 heteroatoms. The van der Waals surface area contributed by atoms with Crippen LogP contribution in [0, 0.1) is 0 Å². The number of benzene rings is 2. The normalized spacial score (nSPS) is 12.0. The van der Waals surface area contributed by atoms with E-state index in [9.17, 15) is 4.79 Å². The average Bonchev–Trinajstić information content (AvgIpc) is 2.49. The van der Waals surface area contributed by atoms with E-state index in [-0.39, 0.29) is 6.10 Å². The van der Waals surface area contributed by atoms with E-state index in [1.807, 2.05) is 48.5 Å². The van der Waals surface area contributed by atoms with Gasteiger partial charge in [0.05, 0.1) is 6.61 Å². The Morgan fingerprint density at radius 3 is 2.05 bits per heavy atom. The van der Waals surface area contributed by atoms with Crippen molar-refractivity contribution in [3.63, 3.8) is 0 Å².